The van der Waals surface area contributed by atoms with Gasteiger partial charge in [-0.1, -0.05) is 30.3 Å². The Morgan fingerprint density at radius 2 is 1.80 bits per heavy atom. The zero-order valence-corrected chi connectivity index (χ0v) is 22.8. The normalized spacial score (nSPS) is 16.6. The van der Waals surface area contributed by atoms with Crippen LogP contribution in [0.4, 0.5) is 10.1 Å². The number of pyridine rings is 1. The maximum Gasteiger partial charge on any atom is 0.337 e. The summed E-state index contributed by atoms with van der Waals surface area (Å²) in [5, 5.41) is 16.3. The number of carbonyl (C=O) groups excluding carboxylic acids is 1. The van der Waals surface area contributed by atoms with Crippen molar-refractivity contribution in [2.45, 2.75) is 32.4 Å². The van der Waals surface area contributed by atoms with E-state index >= 15 is 0 Å². The van der Waals surface area contributed by atoms with Crippen LogP contribution in [0.25, 0.3) is 5.69 Å². The average molecular weight is 558 g/mol. The molecule has 204 valence electrons. The maximum atomic E-state index is 14.1. The fourth-order valence-electron chi connectivity index (χ4n) is 5.29. The highest BCUT2D eigenvalue weighted by atomic mass is 32.1. The quantitative estimate of drug-likeness (QED) is 0.252. The number of hydrogen-bond acceptors (Lipinski definition) is 4. The number of nitrogens with zero attached hydrogens (tertiary/aromatic N) is 3. The highest BCUT2D eigenvalue weighted by molar-refractivity contribution is 7.80. The van der Waals surface area contributed by atoms with Crippen molar-refractivity contribution in [3.63, 3.8) is 0 Å². The van der Waals surface area contributed by atoms with Crippen LogP contribution >= 0.6 is 12.2 Å². The van der Waals surface area contributed by atoms with Crippen LogP contribution in [0.3, 0.4) is 0 Å². The molecular formula is C30H28FN5O3S. The number of aromatic carboxylic acids is 1. The third-order valence-electron chi connectivity index (χ3n) is 7.09. The Hall–Kier alpha value is -4.57. The molecule has 0 saturated carbocycles. The number of benzene rings is 2. The lowest BCUT2D eigenvalue weighted by Crippen LogP contribution is -2.33. The fraction of sp³-hybridized carbons (Fsp3) is 0.200. The van der Waals surface area contributed by atoms with Crippen LogP contribution in [0, 0.1) is 19.7 Å². The van der Waals surface area contributed by atoms with Crippen molar-refractivity contribution in [1.29, 1.82) is 0 Å². The van der Waals surface area contributed by atoms with E-state index in [1.165, 1.54) is 12.1 Å². The molecule has 3 heterocycles. The maximum absolute atomic E-state index is 14.1. The van der Waals surface area contributed by atoms with Crippen LogP contribution in [0.1, 0.15) is 51.5 Å². The number of nitrogens with one attached hydrogen (secondary N) is 2. The number of aryl methyl sites for hydroxylation is 1. The minimum absolute atomic E-state index is 0.0716. The number of amides is 1. The number of aromatic nitrogens is 2. The van der Waals surface area contributed by atoms with Crippen molar-refractivity contribution in [3.05, 3.63) is 113 Å². The molecule has 0 aliphatic carbocycles. The van der Waals surface area contributed by atoms with Gasteiger partial charge in [0, 0.05) is 30.6 Å². The smallest absolute Gasteiger partial charge is 0.337 e. The van der Waals surface area contributed by atoms with Crippen LogP contribution in [0.15, 0.2) is 79.0 Å². The highest BCUT2D eigenvalue weighted by Gasteiger charge is 2.41. The van der Waals surface area contributed by atoms with Gasteiger partial charge in [-0.3, -0.25) is 9.78 Å². The second-order valence-corrected chi connectivity index (χ2v) is 9.97. The number of carboxylic acids is 1. The van der Waals surface area contributed by atoms with Crippen LogP contribution in [-0.4, -0.2) is 43.1 Å². The molecule has 0 spiro atoms. The molecule has 5 rings (SSSR count). The number of thiocarbonyl (C=S) groups is 1. The summed E-state index contributed by atoms with van der Waals surface area (Å²) in [5.74, 6) is -1.85. The summed E-state index contributed by atoms with van der Waals surface area (Å²) in [5.41, 5.74) is 4.30. The molecule has 4 aromatic rings. The first-order valence-electron chi connectivity index (χ1n) is 12.8. The van der Waals surface area contributed by atoms with E-state index in [0.717, 1.165) is 22.6 Å². The first-order valence-corrected chi connectivity index (χ1v) is 13.2. The van der Waals surface area contributed by atoms with Crippen molar-refractivity contribution < 1.29 is 19.1 Å². The fourth-order valence-corrected chi connectivity index (χ4v) is 5.62. The molecule has 1 fully saturated rings. The minimum atomic E-state index is -1.01. The molecule has 1 amide bonds. The van der Waals surface area contributed by atoms with E-state index in [1.54, 1.807) is 36.5 Å². The summed E-state index contributed by atoms with van der Waals surface area (Å²) in [4.78, 5) is 31.3. The summed E-state index contributed by atoms with van der Waals surface area (Å²) < 4.78 is 16.0. The van der Waals surface area contributed by atoms with Crippen molar-refractivity contribution in [2.75, 3.05) is 11.9 Å². The van der Waals surface area contributed by atoms with Gasteiger partial charge in [-0.2, -0.15) is 0 Å². The Bertz CT molecular complexity index is 1590. The number of halogens is 1. The van der Waals surface area contributed by atoms with Crippen molar-refractivity contribution in [1.82, 2.24) is 19.8 Å². The molecule has 1 saturated heterocycles. The van der Waals surface area contributed by atoms with Crippen molar-refractivity contribution in [3.8, 4) is 5.69 Å². The van der Waals surface area contributed by atoms with Crippen LogP contribution in [0.2, 0.25) is 0 Å². The average Bonchev–Trinajstić information content (AvgIpc) is 3.43. The molecular weight excluding hydrogens is 529 g/mol. The summed E-state index contributed by atoms with van der Waals surface area (Å²) >= 11 is 5.74. The van der Waals surface area contributed by atoms with E-state index in [-0.39, 0.29) is 42.2 Å². The SMILES string of the molecule is Cc1cc([C@H]2[C@H](c3ccccn3)NC(=S)N2CCC(=O)Nc2ccccc2F)c(C)n1-c1ccccc1C(=O)O. The van der Waals surface area contributed by atoms with Gasteiger partial charge in [0.25, 0.3) is 0 Å². The first kappa shape index (κ1) is 27.0. The molecule has 40 heavy (non-hydrogen) atoms. The van der Waals surface area contributed by atoms with E-state index in [1.807, 2.05) is 53.6 Å². The molecule has 2 atom stereocenters. The second-order valence-electron chi connectivity index (χ2n) is 9.58. The van der Waals surface area contributed by atoms with Gasteiger partial charge in [0.2, 0.25) is 5.91 Å². The third kappa shape index (κ3) is 5.17. The largest absolute Gasteiger partial charge is 0.478 e. The van der Waals surface area contributed by atoms with Gasteiger partial charge in [-0.15, -0.1) is 0 Å². The predicted molar refractivity (Wildman–Crippen MR) is 154 cm³/mol. The molecule has 2 aromatic carbocycles. The van der Waals surface area contributed by atoms with Gasteiger partial charge >= 0.3 is 5.97 Å². The van der Waals surface area contributed by atoms with E-state index in [0.29, 0.717) is 10.8 Å². The molecule has 3 N–H and O–H groups in total. The summed E-state index contributed by atoms with van der Waals surface area (Å²) in [6.45, 7) is 4.15. The number of hydrogen-bond donors (Lipinski definition) is 3. The van der Waals surface area contributed by atoms with Crippen molar-refractivity contribution in [2.24, 2.45) is 0 Å². The van der Waals surface area contributed by atoms with Crippen LogP contribution in [-0.2, 0) is 4.79 Å². The topological polar surface area (TPSA) is 99.5 Å². The number of carbonyl (C=O) groups is 2. The van der Waals surface area contributed by atoms with E-state index < -0.39 is 11.8 Å². The second kappa shape index (κ2) is 11.3. The Morgan fingerprint density at radius 3 is 2.52 bits per heavy atom. The molecule has 1 aliphatic heterocycles. The van der Waals surface area contributed by atoms with Crippen LogP contribution < -0.4 is 10.6 Å². The molecule has 0 unspecified atom stereocenters. The van der Waals surface area contributed by atoms with E-state index in [9.17, 15) is 19.1 Å². The molecule has 1 aliphatic rings. The van der Waals surface area contributed by atoms with E-state index in [4.69, 9.17) is 12.2 Å². The first-order chi connectivity index (χ1) is 19.3. The Balaban J connectivity index is 1.51. The van der Waals surface area contributed by atoms with Crippen molar-refractivity contribution >= 4 is 34.9 Å². The summed E-state index contributed by atoms with van der Waals surface area (Å²) in [7, 11) is 0. The molecule has 8 nitrogen and oxygen atoms in total. The van der Waals surface area contributed by atoms with Gasteiger partial charge in [-0.05, 0) is 74.1 Å². The highest BCUT2D eigenvalue weighted by Crippen LogP contribution is 2.41. The van der Waals surface area contributed by atoms with Gasteiger partial charge in [0.05, 0.1) is 34.7 Å². The lowest BCUT2D eigenvalue weighted by molar-refractivity contribution is -0.116. The Morgan fingerprint density at radius 1 is 1.07 bits per heavy atom. The van der Waals surface area contributed by atoms with Gasteiger partial charge in [0.1, 0.15) is 5.82 Å². The summed E-state index contributed by atoms with van der Waals surface area (Å²) in [6.07, 6.45) is 1.79. The Kier molecular flexibility index (Phi) is 7.61. The molecule has 10 heteroatoms. The number of para-hydroxylation sites is 2. The lowest BCUT2D eigenvalue weighted by Gasteiger charge is -2.28. The monoisotopic (exact) mass is 557 g/mol. The number of rotatable bonds is 8. The van der Waals surface area contributed by atoms with Gasteiger partial charge in [-0.25, -0.2) is 9.18 Å². The third-order valence-corrected chi connectivity index (χ3v) is 7.44. The standard InChI is InChI=1S/C30H28FN5O3S/c1-18-17-21(19(2)36(18)25-13-6-3-9-20(25)29(38)39)28-27(24-12-7-8-15-32-24)34-30(40)35(28)16-14-26(37)33-23-11-5-4-10-22(23)31/h3-13,15,17,27-28H,14,16H2,1-2H3,(H,33,37)(H,34,40)(H,38,39)/t27-,28-/m0/s1. The number of carboxylic acid groups (broad SMARTS) is 1. The molecule has 0 radical (unpaired) electrons. The van der Waals surface area contributed by atoms with E-state index in [2.05, 4.69) is 15.6 Å². The molecule has 2 aromatic heterocycles. The number of anilines is 1. The Labute approximate surface area is 236 Å². The van der Waals surface area contributed by atoms with Crippen LogP contribution in [0.5, 0.6) is 0 Å². The minimum Gasteiger partial charge on any atom is -0.478 e. The predicted octanol–water partition coefficient (Wildman–Crippen LogP) is 5.33. The molecule has 0 bridgehead atoms. The zero-order chi connectivity index (χ0) is 28.4. The summed E-state index contributed by atoms with van der Waals surface area (Å²) in [6, 6.07) is 19.9. The zero-order valence-electron chi connectivity index (χ0n) is 22.0. The lowest BCUT2D eigenvalue weighted by atomic mass is 9.96. The van der Waals surface area contributed by atoms with Gasteiger partial charge in [0.15, 0.2) is 5.11 Å². The van der Waals surface area contributed by atoms with Gasteiger partial charge < -0.3 is 25.2 Å².